The quantitative estimate of drug-likeness (QED) is 0.582. The van der Waals surface area contributed by atoms with Gasteiger partial charge in [-0.15, -0.1) is 0 Å². The average Bonchev–Trinajstić information content (AvgIpc) is 2.77. The highest BCUT2D eigenvalue weighted by Crippen LogP contribution is 1.94. The first kappa shape index (κ1) is 6.84. The normalized spacial score (nSPS) is 10.0. The van der Waals surface area contributed by atoms with Gasteiger partial charge in [0, 0.05) is 24.8 Å². The number of imidazole rings is 1. The molecule has 0 unspecified atom stereocenters. The zero-order valence-corrected chi connectivity index (χ0v) is 6.29. The predicted octanol–water partition coefficient (Wildman–Crippen LogP) is 1.20. The Morgan fingerprint density at radius 3 is 2.42 bits per heavy atom. The lowest BCUT2D eigenvalue weighted by Crippen LogP contribution is -2.15. The minimum absolute atomic E-state index is 0.127. The molecule has 60 valence electrons. The van der Waals surface area contributed by atoms with Crippen LogP contribution in [-0.2, 0) is 0 Å². The summed E-state index contributed by atoms with van der Waals surface area (Å²) >= 11 is 0. The van der Waals surface area contributed by atoms with E-state index in [4.69, 9.17) is 0 Å². The van der Waals surface area contributed by atoms with E-state index in [2.05, 4.69) is 4.98 Å². The Hall–Kier alpha value is -1.84. The van der Waals surface area contributed by atoms with Crippen LogP contribution >= 0.6 is 0 Å². The summed E-state index contributed by atoms with van der Waals surface area (Å²) in [5, 5.41) is 0. The van der Waals surface area contributed by atoms with Crippen molar-refractivity contribution >= 4 is 6.03 Å². The molecule has 0 spiro atoms. The Morgan fingerprint density at radius 2 is 1.83 bits per heavy atom. The van der Waals surface area contributed by atoms with Gasteiger partial charge in [0.1, 0.15) is 6.33 Å². The Balaban J connectivity index is 2.34. The van der Waals surface area contributed by atoms with Crippen LogP contribution in [0.3, 0.4) is 0 Å². The SMILES string of the molecule is O=C(n1cccc1)n1ccnc1. The minimum Gasteiger partial charge on any atom is -0.276 e. The van der Waals surface area contributed by atoms with Crippen LogP contribution in [0.15, 0.2) is 43.2 Å². The van der Waals surface area contributed by atoms with Gasteiger partial charge in [0.15, 0.2) is 0 Å². The fourth-order valence-electron chi connectivity index (χ4n) is 0.968. The fraction of sp³-hybridized carbons (Fsp3) is 0. The van der Waals surface area contributed by atoms with Crippen molar-refractivity contribution < 1.29 is 4.79 Å². The fourth-order valence-corrected chi connectivity index (χ4v) is 0.968. The number of rotatable bonds is 0. The standard InChI is InChI=1S/C8H7N3O/c12-8(10-4-1-2-5-10)11-6-3-9-7-11/h1-7H. The third-order valence-corrected chi connectivity index (χ3v) is 1.55. The molecule has 4 heteroatoms. The second-order valence-corrected chi connectivity index (χ2v) is 2.34. The van der Waals surface area contributed by atoms with Crippen molar-refractivity contribution in [3.63, 3.8) is 0 Å². The van der Waals surface area contributed by atoms with E-state index in [9.17, 15) is 4.79 Å². The molecule has 0 radical (unpaired) electrons. The van der Waals surface area contributed by atoms with Gasteiger partial charge in [-0.2, -0.15) is 0 Å². The number of carbonyl (C=O) groups excluding carboxylic acids is 1. The summed E-state index contributed by atoms with van der Waals surface area (Å²) in [6.45, 7) is 0. The second-order valence-electron chi connectivity index (χ2n) is 2.34. The molecule has 0 bridgehead atoms. The van der Waals surface area contributed by atoms with Crippen LogP contribution in [0.4, 0.5) is 4.79 Å². The van der Waals surface area contributed by atoms with E-state index >= 15 is 0 Å². The second kappa shape index (κ2) is 2.65. The van der Waals surface area contributed by atoms with Gasteiger partial charge in [-0.1, -0.05) is 0 Å². The Labute approximate surface area is 69.1 Å². The van der Waals surface area contributed by atoms with E-state index in [1.165, 1.54) is 15.5 Å². The Bertz CT molecular complexity index is 325. The van der Waals surface area contributed by atoms with Gasteiger partial charge in [0.2, 0.25) is 0 Å². The van der Waals surface area contributed by atoms with Crippen molar-refractivity contribution in [2.45, 2.75) is 0 Å². The Morgan fingerprint density at radius 1 is 1.08 bits per heavy atom. The number of nitrogens with zero attached hydrogens (tertiary/aromatic N) is 3. The smallest absolute Gasteiger partial charge is 0.276 e. The van der Waals surface area contributed by atoms with Gasteiger partial charge in [-0.25, -0.2) is 9.78 Å². The number of hydrogen-bond donors (Lipinski definition) is 0. The van der Waals surface area contributed by atoms with E-state index < -0.39 is 0 Å². The Kier molecular flexibility index (Phi) is 1.51. The van der Waals surface area contributed by atoms with Crippen molar-refractivity contribution in [2.75, 3.05) is 0 Å². The van der Waals surface area contributed by atoms with Gasteiger partial charge in [-0.05, 0) is 12.1 Å². The lowest BCUT2D eigenvalue weighted by atomic mass is 10.7. The number of carbonyl (C=O) groups is 1. The maximum atomic E-state index is 11.5. The summed E-state index contributed by atoms with van der Waals surface area (Å²) in [7, 11) is 0. The first-order valence-corrected chi connectivity index (χ1v) is 3.53. The largest absolute Gasteiger partial charge is 0.337 e. The lowest BCUT2D eigenvalue weighted by Gasteiger charge is -1.99. The van der Waals surface area contributed by atoms with Crippen LogP contribution in [0, 0.1) is 0 Å². The van der Waals surface area contributed by atoms with Gasteiger partial charge in [0.25, 0.3) is 0 Å². The molecule has 0 aliphatic rings. The topological polar surface area (TPSA) is 39.8 Å². The first-order valence-electron chi connectivity index (χ1n) is 3.53. The van der Waals surface area contributed by atoms with Gasteiger partial charge in [0.05, 0.1) is 0 Å². The highest BCUT2D eigenvalue weighted by atomic mass is 16.2. The molecular weight excluding hydrogens is 154 g/mol. The van der Waals surface area contributed by atoms with Crippen molar-refractivity contribution in [3.05, 3.63) is 43.2 Å². The highest BCUT2D eigenvalue weighted by molar-refractivity contribution is 5.78. The minimum atomic E-state index is -0.127. The van der Waals surface area contributed by atoms with E-state index in [1.54, 1.807) is 36.9 Å². The summed E-state index contributed by atoms with van der Waals surface area (Å²) in [5.41, 5.74) is 0. The third-order valence-electron chi connectivity index (χ3n) is 1.55. The lowest BCUT2D eigenvalue weighted by molar-refractivity contribution is 0.244. The molecule has 0 amide bonds. The summed E-state index contributed by atoms with van der Waals surface area (Å²) in [4.78, 5) is 15.2. The molecule has 2 rings (SSSR count). The molecule has 0 N–H and O–H groups in total. The molecule has 4 nitrogen and oxygen atoms in total. The van der Waals surface area contributed by atoms with Gasteiger partial charge in [-0.3, -0.25) is 9.13 Å². The maximum Gasteiger partial charge on any atom is 0.337 e. The number of aromatic nitrogens is 3. The highest BCUT2D eigenvalue weighted by Gasteiger charge is 2.03. The molecule has 0 aromatic carbocycles. The van der Waals surface area contributed by atoms with E-state index in [0.717, 1.165) is 0 Å². The van der Waals surface area contributed by atoms with Crippen molar-refractivity contribution in [2.24, 2.45) is 0 Å². The van der Waals surface area contributed by atoms with Crippen LogP contribution in [0.5, 0.6) is 0 Å². The van der Waals surface area contributed by atoms with Crippen LogP contribution in [0.1, 0.15) is 0 Å². The first-order chi connectivity index (χ1) is 5.88. The van der Waals surface area contributed by atoms with Crippen molar-refractivity contribution in [1.82, 2.24) is 14.1 Å². The molecule has 0 saturated heterocycles. The summed E-state index contributed by atoms with van der Waals surface area (Å²) < 4.78 is 2.90. The zero-order chi connectivity index (χ0) is 8.39. The van der Waals surface area contributed by atoms with E-state index in [1.807, 2.05) is 0 Å². The van der Waals surface area contributed by atoms with Crippen molar-refractivity contribution in [3.8, 4) is 0 Å². The predicted molar refractivity (Wildman–Crippen MR) is 42.9 cm³/mol. The van der Waals surface area contributed by atoms with Gasteiger partial charge < -0.3 is 0 Å². The van der Waals surface area contributed by atoms with Gasteiger partial charge >= 0.3 is 6.03 Å². The van der Waals surface area contributed by atoms with Crippen LogP contribution in [0.25, 0.3) is 0 Å². The molecule has 2 heterocycles. The summed E-state index contributed by atoms with van der Waals surface area (Å²) in [5.74, 6) is 0. The summed E-state index contributed by atoms with van der Waals surface area (Å²) in [6.07, 6.45) is 8.05. The molecular formula is C8H7N3O. The number of hydrogen-bond acceptors (Lipinski definition) is 2. The molecule has 0 fully saturated rings. The van der Waals surface area contributed by atoms with Crippen molar-refractivity contribution in [1.29, 1.82) is 0 Å². The average molecular weight is 161 g/mol. The molecule has 0 aliphatic carbocycles. The van der Waals surface area contributed by atoms with Crippen LogP contribution < -0.4 is 0 Å². The molecule has 12 heavy (non-hydrogen) atoms. The molecule has 0 atom stereocenters. The van der Waals surface area contributed by atoms with Crippen LogP contribution in [-0.4, -0.2) is 20.1 Å². The van der Waals surface area contributed by atoms with Crippen LogP contribution in [0.2, 0.25) is 0 Å². The van der Waals surface area contributed by atoms with E-state index in [0.29, 0.717) is 0 Å². The van der Waals surface area contributed by atoms with E-state index in [-0.39, 0.29) is 6.03 Å². The maximum absolute atomic E-state index is 11.5. The zero-order valence-electron chi connectivity index (χ0n) is 6.29. The summed E-state index contributed by atoms with van der Waals surface area (Å²) in [6, 6.07) is 3.47. The molecule has 0 aliphatic heterocycles. The molecule has 2 aromatic heterocycles. The molecule has 2 aromatic rings. The molecule has 0 saturated carbocycles. The monoisotopic (exact) mass is 161 g/mol. The third kappa shape index (κ3) is 1.03.